The second-order valence-corrected chi connectivity index (χ2v) is 9.90. The van der Waals surface area contributed by atoms with Crippen LogP contribution < -0.4 is 15.0 Å². The molecule has 2 atom stereocenters. The molecule has 3 heterocycles. The Labute approximate surface area is 237 Å². The lowest BCUT2D eigenvalue weighted by Gasteiger charge is -2.29. The molecule has 3 aromatic carbocycles. The molecule has 8 heteroatoms. The number of aromatic nitrogens is 2. The van der Waals surface area contributed by atoms with Crippen molar-refractivity contribution >= 4 is 29.0 Å². The second kappa shape index (κ2) is 10.7. The molecule has 0 aliphatic carbocycles. The molecular formula is C32H26N4O3S. The minimum atomic E-state index is -0.958. The quantitative estimate of drug-likeness (QED) is 0.216. The first-order valence-corrected chi connectivity index (χ1v) is 13.3. The van der Waals surface area contributed by atoms with Crippen molar-refractivity contribution in [3.8, 4) is 17.2 Å². The predicted octanol–water partition coefficient (Wildman–Crippen LogP) is 6.85. The molecule has 0 saturated carbocycles. The number of aromatic carboxylic acids is 1. The molecule has 1 saturated heterocycles. The maximum atomic E-state index is 11.4. The first kappa shape index (κ1) is 25.3. The smallest absolute Gasteiger partial charge is 0.335 e. The second-order valence-electron chi connectivity index (χ2n) is 9.51. The number of hydrogen-bond acceptors (Lipinski definition) is 4. The number of nitrogens with one attached hydrogen (secondary N) is 1. The molecule has 198 valence electrons. The Bertz CT molecular complexity index is 1670. The summed E-state index contributed by atoms with van der Waals surface area (Å²) in [5.41, 5.74) is 4.91. The molecule has 7 nitrogen and oxygen atoms in total. The van der Waals surface area contributed by atoms with Crippen LogP contribution in [-0.4, -0.2) is 25.7 Å². The Morgan fingerprint density at radius 3 is 2.33 bits per heavy atom. The van der Waals surface area contributed by atoms with Crippen LogP contribution in [0.15, 0.2) is 116 Å². The predicted molar refractivity (Wildman–Crippen MR) is 158 cm³/mol. The number of hydrogen-bond donors (Lipinski definition) is 2. The highest BCUT2D eigenvalue weighted by molar-refractivity contribution is 7.80. The maximum Gasteiger partial charge on any atom is 0.335 e. The first-order chi connectivity index (χ1) is 19.5. The summed E-state index contributed by atoms with van der Waals surface area (Å²) in [4.78, 5) is 18.1. The van der Waals surface area contributed by atoms with Crippen LogP contribution in [0.1, 0.15) is 39.4 Å². The van der Waals surface area contributed by atoms with Crippen LogP contribution in [0.4, 0.5) is 5.69 Å². The minimum absolute atomic E-state index is 0.219. The third-order valence-electron chi connectivity index (χ3n) is 7.01. The highest BCUT2D eigenvalue weighted by Crippen LogP contribution is 2.42. The third kappa shape index (κ3) is 4.81. The number of rotatable bonds is 7. The van der Waals surface area contributed by atoms with Crippen LogP contribution in [0.2, 0.25) is 0 Å². The summed E-state index contributed by atoms with van der Waals surface area (Å²) in [6.45, 7) is 2.02. The Morgan fingerprint density at radius 2 is 1.62 bits per heavy atom. The molecule has 0 spiro atoms. The number of pyridine rings is 1. The lowest BCUT2D eigenvalue weighted by molar-refractivity contribution is 0.0697. The highest BCUT2D eigenvalue weighted by Gasteiger charge is 2.42. The topological polar surface area (TPSA) is 79.6 Å². The van der Waals surface area contributed by atoms with Crippen molar-refractivity contribution in [1.82, 2.24) is 14.9 Å². The molecule has 2 aromatic heterocycles. The van der Waals surface area contributed by atoms with Crippen LogP contribution in [0.5, 0.6) is 11.5 Å². The molecule has 1 fully saturated rings. The summed E-state index contributed by atoms with van der Waals surface area (Å²) in [5, 5.41) is 13.4. The average Bonchev–Trinajstić information content (AvgIpc) is 3.59. The largest absolute Gasteiger partial charge is 0.478 e. The van der Waals surface area contributed by atoms with E-state index in [1.165, 1.54) is 0 Å². The third-order valence-corrected chi connectivity index (χ3v) is 7.32. The number of nitrogens with zero attached hydrogens (tertiary/aromatic N) is 3. The maximum absolute atomic E-state index is 11.4. The molecule has 2 N–H and O–H groups in total. The van der Waals surface area contributed by atoms with Crippen LogP contribution in [0.3, 0.4) is 0 Å². The summed E-state index contributed by atoms with van der Waals surface area (Å²) in [6, 6.07) is 32.1. The zero-order chi connectivity index (χ0) is 27.6. The number of carboxylic acid groups (broad SMARTS) is 1. The summed E-state index contributed by atoms with van der Waals surface area (Å²) in [6.07, 6.45) is 3.75. The SMILES string of the molecule is Cc1ccccc1Oc1ccc(N2C(=S)NC(c3ccccn3)C2c2cccn2-c2ccc(C(=O)O)cc2)cc1. The van der Waals surface area contributed by atoms with Gasteiger partial charge in [-0.15, -0.1) is 0 Å². The van der Waals surface area contributed by atoms with Gasteiger partial charge in [-0.1, -0.05) is 24.3 Å². The summed E-state index contributed by atoms with van der Waals surface area (Å²) in [5.74, 6) is 0.588. The van der Waals surface area contributed by atoms with Crippen molar-refractivity contribution in [3.05, 3.63) is 138 Å². The number of para-hydroxylation sites is 1. The molecule has 0 amide bonds. The van der Waals surface area contributed by atoms with E-state index in [-0.39, 0.29) is 17.6 Å². The molecule has 2 unspecified atom stereocenters. The Hall–Kier alpha value is -4.95. The monoisotopic (exact) mass is 546 g/mol. The van der Waals surface area contributed by atoms with E-state index in [2.05, 4.69) is 25.8 Å². The van der Waals surface area contributed by atoms with Crippen LogP contribution in [0.25, 0.3) is 5.69 Å². The fraction of sp³-hybridized carbons (Fsp3) is 0.0938. The first-order valence-electron chi connectivity index (χ1n) is 12.8. The van der Waals surface area contributed by atoms with E-state index in [4.69, 9.17) is 17.0 Å². The van der Waals surface area contributed by atoms with Crippen LogP contribution in [0, 0.1) is 6.92 Å². The lowest BCUT2D eigenvalue weighted by atomic mass is 10.0. The molecular weight excluding hydrogens is 520 g/mol. The average molecular weight is 547 g/mol. The zero-order valence-electron chi connectivity index (χ0n) is 21.6. The van der Waals surface area contributed by atoms with Gasteiger partial charge in [0.2, 0.25) is 0 Å². The van der Waals surface area contributed by atoms with Gasteiger partial charge in [0.15, 0.2) is 5.11 Å². The van der Waals surface area contributed by atoms with Crippen molar-refractivity contribution in [2.45, 2.75) is 19.0 Å². The van der Waals surface area contributed by atoms with Crippen molar-refractivity contribution in [2.75, 3.05) is 4.90 Å². The van der Waals surface area contributed by atoms with Gasteiger partial charge in [0.25, 0.3) is 0 Å². The van der Waals surface area contributed by atoms with Gasteiger partial charge < -0.3 is 24.6 Å². The fourth-order valence-corrected chi connectivity index (χ4v) is 5.39. The highest BCUT2D eigenvalue weighted by atomic mass is 32.1. The van der Waals surface area contributed by atoms with Gasteiger partial charge in [-0.25, -0.2) is 4.79 Å². The van der Waals surface area contributed by atoms with Crippen molar-refractivity contribution in [2.24, 2.45) is 0 Å². The molecule has 0 bridgehead atoms. The molecule has 6 rings (SSSR count). The molecule has 5 aromatic rings. The van der Waals surface area contributed by atoms with E-state index < -0.39 is 5.97 Å². The molecule has 1 aliphatic rings. The van der Waals surface area contributed by atoms with Gasteiger partial charge >= 0.3 is 5.97 Å². The van der Waals surface area contributed by atoms with Gasteiger partial charge in [0.1, 0.15) is 17.5 Å². The van der Waals surface area contributed by atoms with Crippen molar-refractivity contribution in [1.29, 1.82) is 0 Å². The lowest BCUT2D eigenvalue weighted by Crippen LogP contribution is -2.30. The summed E-state index contributed by atoms with van der Waals surface area (Å²) in [7, 11) is 0. The number of carbonyl (C=O) groups is 1. The minimum Gasteiger partial charge on any atom is -0.478 e. The van der Waals surface area contributed by atoms with E-state index >= 15 is 0 Å². The van der Waals surface area contributed by atoms with E-state index in [0.717, 1.165) is 39.8 Å². The van der Waals surface area contributed by atoms with E-state index in [0.29, 0.717) is 5.11 Å². The van der Waals surface area contributed by atoms with E-state index in [9.17, 15) is 9.90 Å². The van der Waals surface area contributed by atoms with Gasteiger partial charge in [0.05, 0.1) is 17.3 Å². The summed E-state index contributed by atoms with van der Waals surface area (Å²) < 4.78 is 8.18. The molecule has 1 aliphatic heterocycles. The number of anilines is 1. The van der Waals surface area contributed by atoms with Crippen LogP contribution >= 0.6 is 12.2 Å². The molecule has 0 radical (unpaired) electrons. The number of ether oxygens (including phenoxy) is 1. The Kier molecular flexibility index (Phi) is 6.76. The Balaban J connectivity index is 1.39. The zero-order valence-corrected chi connectivity index (χ0v) is 22.5. The van der Waals surface area contributed by atoms with Gasteiger partial charge in [-0.3, -0.25) is 4.98 Å². The summed E-state index contributed by atoms with van der Waals surface area (Å²) >= 11 is 5.89. The number of carboxylic acids is 1. The van der Waals surface area contributed by atoms with Gasteiger partial charge in [0, 0.05) is 29.5 Å². The standard InChI is InChI=1S/C32H26N4O3S/c1-21-7-2-3-10-28(21)39-25-17-15-24(16-18-25)36-30(29(34-32(36)40)26-8-4-5-19-33-26)27-9-6-20-35(27)23-13-11-22(12-14-23)31(37)38/h2-20,29-30H,1H3,(H,34,40)(H,37,38). The number of benzene rings is 3. The van der Waals surface area contributed by atoms with E-state index in [1.807, 2.05) is 98.0 Å². The van der Waals surface area contributed by atoms with Gasteiger partial charge in [-0.2, -0.15) is 0 Å². The van der Waals surface area contributed by atoms with Gasteiger partial charge in [-0.05, 0) is 104 Å². The normalized spacial score (nSPS) is 16.5. The van der Waals surface area contributed by atoms with Crippen LogP contribution in [-0.2, 0) is 0 Å². The van der Waals surface area contributed by atoms with E-state index in [1.54, 1.807) is 18.3 Å². The number of thiocarbonyl (C=S) groups is 1. The fourth-order valence-electron chi connectivity index (χ4n) is 5.04. The van der Waals surface area contributed by atoms with Crippen molar-refractivity contribution in [3.63, 3.8) is 0 Å². The van der Waals surface area contributed by atoms with Crippen molar-refractivity contribution < 1.29 is 14.6 Å². The Morgan fingerprint density at radius 1 is 0.900 bits per heavy atom. The number of aryl methyl sites for hydroxylation is 1. The molecule has 40 heavy (non-hydrogen) atoms.